The number of nitrogens with one attached hydrogen (secondary N) is 2. The molecule has 0 spiro atoms. The molecule has 2 aliphatic heterocycles. The predicted octanol–water partition coefficient (Wildman–Crippen LogP) is 4.44. The highest BCUT2D eigenvalue weighted by molar-refractivity contribution is 5.94. The average molecular weight is 632 g/mol. The van der Waals surface area contributed by atoms with Gasteiger partial charge in [-0.3, -0.25) is 14.4 Å². The molecule has 0 aliphatic carbocycles. The Balaban J connectivity index is 0.00000461. The third-order valence-electron chi connectivity index (χ3n) is 9.14. The van der Waals surface area contributed by atoms with Crippen LogP contribution in [-0.2, 0) is 20.9 Å². The van der Waals surface area contributed by atoms with Crippen LogP contribution in [0, 0.1) is 5.92 Å². The van der Waals surface area contributed by atoms with Crippen molar-refractivity contribution in [1.82, 2.24) is 20.4 Å². The first-order valence-corrected chi connectivity index (χ1v) is 15.9. The van der Waals surface area contributed by atoms with Gasteiger partial charge in [-0.2, -0.15) is 0 Å². The minimum atomic E-state index is -0.754. The summed E-state index contributed by atoms with van der Waals surface area (Å²) in [5.74, 6) is -0.794. The van der Waals surface area contributed by atoms with E-state index in [1.807, 2.05) is 92.8 Å². The molecule has 5 atom stereocenters. The third kappa shape index (κ3) is 8.31. The Labute approximate surface area is 273 Å². The van der Waals surface area contributed by atoms with Gasteiger partial charge in [-0.15, -0.1) is 12.4 Å². The molecule has 0 aromatic heterocycles. The van der Waals surface area contributed by atoms with Gasteiger partial charge in [0.15, 0.2) is 0 Å². The quantitative estimate of drug-likeness (QED) is 0.290. The topological polar surface area (TPSA) is 108 Å². The summed E-state index contributed by atoms with van der Waals surface area (Å²) < 4.78 is 0. The fourth-order valence-electron chi connectivity index (χ4n) is 6.76. The van der Waals surface area contributed by atoms with Gasteiger partial charge in [-0.05, 0) is 55.8 Å². The second-order valence-corrected chi connectivity index (χ2v) is 12.3. The van der Waals surface area contributed by atoms with Crippen LogP contribution in [0.2, 0.25) is 0 Å². The van der Waals surface area contributed by atoms with E-state index < -0.39 is 18.1 Å². The maximum atomic E-state index is 14.4. The molecule has 4 N–H and O–H groups in total. The number of amides is 3. The Hall–Kier alpha value is -3.72. The minimum absolute atomic E-state index is 0. The first-order chi connectivity index (χ1) is 21.4. The van der Waals surface area contributed by atoms with Crippen LogP contribution in [0.1, 0.15) is 61.8 Å². The maximum Gasteiger partial charge on any atom is 0.246 e. The van der Waals surface area contributed by atoms with Crippen molar-refractivity contribution >= 4 is 30.1 Å². The van der Waals surface area contributed by atoms with E-state index in [0.29, 0.717) is 19.4 Å². The van der Waals surface area contributed by atoms with Crippen molar-refractivity contribution in [3.8, 4) is 0 Å². The molecular weight excluding hydrogens is 586 g/mol. The molecule has 9 heteroatoms. The molecule has 2 saturated heterocycles. The molecule has 8 nitrogen and oxygen atoms in total. The lowest BCUT2D eigenvalue weighted by Crippen LogP contribution is -2.59. The normalized spacial score (nSPS) is 21.9. The third-order valence-corrected chi connectivity index (χ3v) is 9.14. The molecule has 45 heavy (non-hydrogen) atoms. The summed E-state index contributed by atoms with van der Waals surface area (Å²) in [4.78, 5) is 45.6. The van der Waals surface area contributed by atoms with E-state index in [0.717, 1.165) is 36.9 Å². The van der Waals surface area contributed by atoms with Crippen molar-refractivity contribution in [3.05, 3.63) is 108 Å². The molecule has 2 heterocycles. The first kappa shape index (κ1) is 34.2. The smallest absolute Gasteiger partial charge is 0.246 e. The lowest BCUT2D eigenvalue weighted by Gasteiger charge is -2.34. The second kappa shape index (κ2) is 16.0. The zero-order valence-electron chi connectivity index (χ0n) is 26.2. The Morgan fingerprint density at radius 1 is 0.889 bits per heavy atom. The van der Waals surface area contributed by atoms with Crippen molar-refractivity contribution in [2.75, 3.05) is 13.6 Å². The zero-order valence-corrected chi connectivity index (χ0v) is 27.0. The van der Waals surface area contributed by atoms with Gasteiger partial charge in [-0.25, -0.2) is 0 Å². The second-order valence-electron chi connectivity index (χ2n) is 12.3. The van der Waals surface area contributed by atoms with Crippen LogP contribution < -0.4 is 16.4 Å². The molecule has 2 aliphatic rings. The molecule has 3 aromatic carbocycles. The summed E-state index contributed by atoms with van der Waals surface area (Å²) in [6.45, 7) is 3.23. The molecule has 2 fully saturated rings. The van der Waals surface area contributed by atoms with E-state index in [4.69, 9.17) is 5.73 Å². The van der Waals surface area contributed by atoms with Crippen molar-refractivity contribution < 1.29 is 14.4 Å². The molecule has 0 radical (unpaired) electrons. The Morgan fingerprint density at radius 2 is 1.44 bits per heavy atom. The monoisotopic (exact) mass is 631 g/mol. The Bertz CT molecular complexity index is 1350. The minimum Gasteiger partial charge on any atom is -0.343 e. The summed E-state index contributed by atoms with van der Waals surface area (Å²) in [6, 6.07) is 27.6. The first-order valence-electron chi connectivity index (χ1n) is 15.9. The van der Waals surface area contributed by atoms with E-state index in [-0.39, 0.29) is 48.1 Å². The summed E-state index contributed by atoms with van der Waals surface area (Å²) in [6.07, 6.45) is 3.37. The fraction of sp³-hybridized carbons (Fsp3) is 0.417. The van der Waals surface area contributed by atoms with E-state index in [9.17, 15) is 14.4 Å². The number of fused-ring (bicyclic) bond motifs is 1. The van der Waals surface area contributed by atoms with E-state index in [1.54, 1.807) is 4.90 Å². The van der Waals surface area contributed by atoms with Crippen molar-refractivity contribution in [2.45, 2.75) is 75.8 Å². The van der Waals surface area contributed by atoms with Gasteiger partial charge >= 0.3 is 0 Å². The summed E-state index contributed by atoms with van der Waals surface area (Å²) >= 11 is 0. The molecule has 0 bridgehead atoms. The van der Waals surface area contributed by atoms with Crippen LogP contribution in [0.25, 0.3) is 0 Å². The molecule has 3 amide bonds. The molecule has 0 saturated carbocycles. The van der Waals surface area contributed by atoms with E-state index >= 15 is 0 Å². The van der Waals surface area contributed by atoms with Gasteiger partial charge in [0, 0.05) is 25.0 Å². The Kier molecular flexibility index (Phi) is 12.2. The van der Waals surface area contributed by atoms with Crippen LogP contribution in [-0.4, -0.2) is 65.3 Å². The number of nitrogens with zero attached hydrogens (tertiary/aromatic N) is 2. The van der Waals surface area contributed by atoms with Gasteiger partial charge < -0.3 is 26.2 Å². The van der Waals surface area contributed by atoms with Crippen molar-refractivity contribution in [3.63, 3.8) is 0 Å². The largest absolute Gasteiger partial charge is 0.343 e. The molecule has 0 unspecified atom stereocenters. The van der Waals surface area contributed by atoms with Crippen LogP contribution >= 0.6 is 12.4 Å². The lowest BCUT2D eigenvalue weighted by molar-refractivity contribution is -0.143. The lowest BCUT2D eigenvalue weighted by atomic mass is 9.92. The van der Waals surface area contributed by atoms with E-state index in [1.165, 1.54) is 5.56 Å². The highest BCUT2D eigenvalue weighted by Gasteiger charge is 2.48. The van der Waals surface area contributed by atoms with Gasteiger partial charge in [0.05, 0.1) is 12.1 Å². The fourth-order valence-corrected chi connectivity index (χ4v) is 6.76. The number of hydrogen-bond acceptors (Lipinski definition) is 5. The zero-order chi connectivity index (χ0) is 31.1. The van der Waals surface area contributed by atoms with Gasteiger partial charge in [-0.1, -0.05) is 97.9 Å². The summed E-state index contributed by atoms with van der Waals surface area (Å²) in [5, 5.41) is 6.30. The van der Waals surface area contributed by atoms with Crippen molar-refractivity contribution in [1.29, 1.82) is 0 Å². The summed E-state index contributed by atoms with van der Waals surface area (Å²) in [7, 11) is 2.05. The number of hydrogen-bond donors (Lipinski definition) is 3. The number of benzene rings is 3. The standard InChI is InChI=1S/C36H45N5O3.ClH/c1-3-30(37)34(42)39-33-28(24-40(2)23-25-13-7-4-8-14-25)19-20-29-21-22-31(41(29)36(33)44)35(43)38-32(26-15-9-5-10-16-26)27-17-11-6-12-18-27;/h4-18,28-33H,3,19-24,37H2,1-2H3,(H,38,43)(H,39,42);1H/t28-,29+,30+,31+,33+;/m1./s1. The molecular formula is C36H46ClN5O3. The number of carbonyl (C=O) groups is 3. The number of nitrogens with two attached hydrogens (primary N) is 1. The van der Waals surface area contributed by atoms with Gasteiger partial charge in [0.25, 0.3) is 0 Å². The van der Waals surface area contributed by atoms with Crippen LogP contribution in [0.15, 0.2) is 91.0 Å². The SMILES string of the molecule is CC[C@H](N)C(=O)N[C@@H]1C(=O)N2[C@@H](CC[C@@H]1CN(C)Cc1ccccc1)CC[C@H]2C(=O)NC(c1ccccc1)c1ccccc1.Cl. The van der Waals surface area contributed by atoms with Crippen LogP contribution in [0.4, 0.5) is 0 Å². The Morgan fingerprint density at radius 3 is 2.02 bits per heavy atom. The number of halogens is 1. The molecule has 240 valence electrons. The average Bonchev–Trinajstić information content (AvgIpc) is 3.44. The number of carbonyl (C=O) groups excluding carboxylic acids is 3. The maximum absolute atomic E-state index is 14.4. The van der Waals surface area contributed by atoms with Gasteiger partial charge in [0.2, 0.25) is 17.7 Å². The highest BCUT2D eigenvalue weighted by atomic mass is 35.5. The predicted molar refractivity (Wildman–Crippen MR) is 179 cm³/mol. The molecule has 5 rings (SSSR count). The highest BCUT2D eigenvalue weighted by Crippen LogP contribution is 2.35. The van der Waals surface area contributed by atoms with Crippen LogP contribution in [0.3, 0.4) is 0 Å². The van der Waals surface area contributed by atoms with Gasteiger partial charge in [0.1, 0.15) is 12.1 Å². The van der Waals surface area contributed by atoms with E-state index in [2.05, 4.69) is 27.7 Å². The van der Waals surface area contributed by atoms with Crippen LogP contribution in [0.5, 0.6) is 0 Å². The molecule has 3 aromatic rings. The van der Waals surface area contributed by atoms with Crippen molar-refractivity contribution in [2.24, 2.45) is 11.7 Å². The summed E-state index contributed by atoms with van der Waals surface area (Å²) in [5.41, 5.74) is 9.24. The number of rotatable bonds is 11.